The number of carbonyl (C=O) groups is 2. The number of rotatable bonds is 12. The summed E-state index contributed by atoms with van der Waals surface area (Å²) in [6.45, 7) is 17.2. The highest BCUT2D eigenvalue weighted by Crippen LogP contribution is 2.21. The molecule has 1 unspecified atom stereocenters. The second-order valence-corrected chi connectivity index (χ2v) is 10.5. The molecule has 160 valence electrons. The van der Waals surface area contributed by atoms with E-state index in [1.807, 2.05) is 20.8 Å². The molecule has 0 fully saturated rings. The zero-order valence-electron chi connectivity index (χ0n) is 19.5. The van der Waals surface area contributed by atoms with Gasteiger partial charge in [0.05, 0.1) is 33.2 Å². The molecule has 2 N–H and O–H groups in total. The first kappa shape index (κ1) is 26.1. The molecule has 0 heterocycles. The SMILES string of the molecule is CC[N+](C)(C)CCCC(=O)NCCCCC(NC(C)(C)C)C(=O)C(C)(C)C. The first-order valence-corrected chi connectivity index (χ1v) is 10.6. The molecule has 0 spiro atoms. The first-order chi connectivity index (χ1) is 12.2. The molecular weight excluding hydrogens is 338 g/mol. The smallest absolute Gasteiger partial charge is 0.220 e. The fraction of sp³-hybridized carbons (Fsp3) is 0.909. The topological polar surface area (TPSA) is 58.2 Å². The Morgan fingerprint density at radius 3 is 2.04 bits per heavy atom. The molecule has 0 radical (unpaired) electrons. The van der Waals surface area contributed by atoms with E-state index in [4.69, 9.17) is 0 Å². The summed E-state index contributed by atoms with van der Waals surface area (Å²) in [5, 5.41) is 6.49. The second-order valence-electron chi connectivity index (χ2n) is 10.5. The third kappa shape index (κ3) is 13.0. The Kier molecular flexibility index (Phi) is 10.8. The van der Waals surface area contributed by atoms with Crippen molar-refractivity contribution in [2.45, 2.75) is 92.2 Å². The number of amides is 1. The standard InChI is InChI=1S/C22H45N3O2/c1-10-25(8,9)17-13-15-19(26)23-16-12-11-14-18(24-22(5,6)7)20(27)21(2,3)4/h18,24H,10-17H2,1-9H3/p+1. The zero-order valence-corrected chi connectivity index (χ0v) is 19.5. The summed E-state index contributed by atoms with van der Waals surface area (Å²) in [6.07, 6.45) is 4.16. The predicted octanol–water partition coefficient (Wildman–Crippen LogP) is 3.52. The number of Topliss-reactive ketones (excluding diaryl/α,β-unsaturated/α-hetero) is 1. The molecule has 0 aliphatic rings. The van der Waals surface area contributed by atoms with Crippen molar-refractivity contribution in [3.8, 4) is 0 Å². The van der Waals surface area contributed by atoms with E-state index in [1.165, 1.54) is 0 Å². The number of unbranched alkanes of at least 4 members (excludes halogenated alkanes) is 1. The molecule has 1 amide bonds. The first-order valence-electron chi connectivity index (χ1n) is 10.6. The highest BCUT2D eigenvalue weighted by atomic mass is 16.1. The summed E-state index contributed by atoms with van der Waals surface area (Å²) in [5.41, 5.74) is -0.438. The summed E-state index contributed by atoms with van der Waals surface area (Å²) in [4.78, 5) is 24.7. The minimum absolute atomic E-state index is 0.0927. The fourth-order valence-electron chi connectivity index (χ4n) is 2.93. The zero-order chi connectivity index (χ0) is 21.3. The van der Waals surface area contributed by atoms with Crippen LogP contribution in [0.1, 0.15) is 80.6 Å². The average molecular weight is 385 g/mol. The molecule has 0 aromatic rings. The lowest BCUT2D eigenvalue weighted by Gasteiger charge is -2.31. The lowest BCUT2D eigenvalue weighted by molar-refractivity contribution is -0.888. The van der Waals surface area contributed by atoms with Crippen LogP contribution in [0.15, 0.2) is 0 Å². The molecule has 0 saturated heterocycles. The maximum absolute atomic E-state index is 12.7. The summed E-state index contributed by atoms with van der Waals surface area (Å²) in [7, 11) is 4.39. The number of nitrogens with one attached hydrogen (secondary N) is 2. The third-order valence-corrected chi connectivity index (χ3v) is 4.93. The Labute approximate surface area is 168 Å². The summed E-state index contributed by atoms with van der Waals surface area (Å²) in [5.74, 6) is 0.402. The lowest BCUT2D eigenvalue weighted by Crippen LogP contribution is -2.50. The van der Waals surface area contributed by atoms with Crippen LogP contribution in [0.3, 0.4) is 0 Å². The van der Waals surface area contributed by atoms with E-state index >= 15 is 0 Å². The molecule has 27 heavy (non-hydrogen) atoms. The van der Waals surface area contributed by atoms with Gasteiger partial charge in [-0.3, -0.25) is 9.59 Å². The lowest BCUT2D eigenvalue weighted by atomic mass is 9.84. The molecule has 5 heteroatoms. The van der Waals surface area contributed by atoms with E-state index in [0.717, 1.165) is 43.3 Å². The van der Waals surface area contributed by atoms with Gasteiger partial charge in [0, 0.05) is 30.3 Å². The van der Waals surface area contributed by atoms with Gasteiger partial charge in [0.15, 0.2) is 5.78 Å². The van der Waals surface area contributed by atoms with Gasteiger partial charge in [-0.25, -0.2) is 0 Å². The molecule has 5 nitrogen and oxygen atoms in total. The van der Waals surface area contributed by atoms with Gasteiger partial charge < -0.3 is 15.1 Å². The van der Waals surface area contributed by atoms with Gasteiger partial charge >= 0.3 is 0 Å². The minimum Gasteiger partial charge on any atom is -0.356 e. The molecule has 0 bridgehead atoms. The summed E-state index contributed by atoms with van der Waals surface area (Å²) >= 11 is 0. The molecule has 0 aromatic carbocycles. The van der Waals surface area contributed by atoms with E-state index in [0.29, 0.717) is 13.0 Å². The summed E-state index contributed by atoms with van der Waals surface area (Å²) in [6, 6.07) is -0.130. The number of carbonyl (C=O) groups excluding carboxylic acids is 2. The molecule has 0 rings (SSSR count). The van der Waals surface area contributed by atoms with Crippen molar-refractivity contribution in [2.75, 3.05) is 33.7 Å². The van der Waals surface area contributed by atoms with Gasteiger partial charge in [0.1, 0.15) is 0 Å². The second kappa shape index (κ2) is 11.2. The van der Waals surface area contributed by atoms with Crippen molar-refractivity contribution in [1.29, 1.82) is 0 Å². The van der Waals surface area contributed by atoms with Crippen LogP contribution in [-0.2, 0) is 9.59 Å². The van der Waals surface area contributed by atoms with Crippen molar-refractivity contribution < 1.29 is 14.1 Å². The van der Waals surface area contributed by atoms with Crippen LogP contribution in [0.25, 0.3) is 0 Å². The highest BCUT2D eigenvalue weighted by molar-refractivity contribution is 5.88. The quantitative estimate of drug-likeness (QED) is 0.400. The Morgan fingerprint density at radius 2 is 1.56 bits per heavy atom. The third-order valence-electron chi connectivity index (χ3n) is 4.93. The maximum atomic E-state index is 12.7. The van der Waals surface area contributed by atoms with Crippen LogP contribution in [0.4, 0.5) is 0 Å². The van der Waals surface area contributed by atoms with Gasteiger partial charge in [-0.1, -0.05) is 20.8 Å². The van der Waals surface area contributed by atoms with Gasteiger partial charge in [0.25, 0.3) is 0 Å². The van der Waals surface area contributed by atoms with Crippen molar-refractivity contribution in [2.24, 2.45) is 5.41 Å². The van der Waals surface area contributed by atoms with E-state index in [1.54, 1.807) is 0 Å². The molecular formula is C22H46N3O2+. The van der Waals surface area contributed by atoms with Crippen LogP contribution in [-0.4, -0.2) is 61.5 Å². The number of hydrogen-bond donors (Lipinski definition) is 2. The largest absolute Gasteiger partial charge is 0.356 e. The van der Waals surface area contributed by atoms with Crippen LogP contribution in [0.5, 0.6) is 0 Å². The fourth-order valence-corrected chi connectivity index (χ4v) is 2.93. The van der Waals surface area contributed by atoms with Crippen molar-refractivity contribution in [1.82, 2.24) is 10.6 Å². The molecule has 0 aliphatic carbocycles. The Morgan fingerprint density at radius 1 is 0.963 bits per heavy atom. The molecule has 0 aromatic heterocycles. The summed E-state index contributed by atoms with van der Waals surface area (Å²) < 4.78 is 0.956. The number of ketones is 1. The Balaban J connectivity index is 4.20. The van der Waals surface area contributed by atoms with Gasteiger partial charge in [0.2, 0.25) is 5.91 Å². The molecule has 0 aliphatic heterocycles. The van der Waals surface area contributed by atoms with Gasteiger partial charge in [-0.15, -0.1) is 0 Å². The average Bonchev–Trinajstić information content (AvgIpc) is 2.50. The van der Waals surface area contributed by atoms with Gasteiger partial charge in [-0.05, 0) is 47.0 Å². The molecule has 0 saturated carbocycles. The van der Waals surface area contributed by atoms with E-state index in [-0.39, 0.29) is 28.7 Å². The molecule has 1 atom stereocenters. The van der Waals surface area contributed by atoms with Crippen LogP contribution in [0.2, 0.25) is 0 Å². The minimum atomic E-state index is -0.345. The monoisotopic (exact) mass is 384 g/mol. The number of nitrogens with zero attached hydrogens (tertiary/aromatic N) is 1. The van der Waals surface area contributed by atoms with E-state index in [9.17, 15) is 9.59 Å². The van der Waals surface area contributed by atoms with E-state index < -0.39 is 0 Å². The predicted molar refractivity (Wildman–Crippen MR) is 115 cm³/mol. The van der Waals surface area contributed by atoms with Crippen molar-refractivity contribution in [3.63, 3.8) is 0 Å². The Hall–Kier alpha value is -0.940. The number of quaternary nitrogens is 1. The van der Waals surface area contributed by atoms with Crippen LogP contribution in [0, 0.1) is 5.41 Å². The maximum Gasteiger partial charge on any atom is 0.220 e. The Bertz CT molecular complexity index is 459. The van der Waals surface area contributed by atoms with Crippen molar-refractivity contribution >= 4 is 11.7 Å². The van der Waals surface area contributed by atoms with Gasteiger partial charge in [-0.2, -0.15) is 0 Å². The van der Waals surface area contributed by atoms with Crippen LogP contribution < -0.4 is 10.6 Å². The highest BCUT2D eigenvalue weighted by Gasteiger charge is 2.31. The number of hydrogen-bond acceptors (Lipinski definition) is 3. The van der Waals surface area contributed by atoms with E-state index in [2.05, 4.69) is 52.4 Å². The van der Waals surface area contributed by atoms with Crippen LogP contribution >= 0.6 is 0 Å². The normalized spacial score (nSPS) is 14.1. The van der Waals surface area contributed by atoms with Crippen molar-refractivity contribution in [3.05, 3.63) is 0 Å².